The Morgan fingerprint density at radius 2 is 2.05 bits per heavy atom. The van der Waals surface area contributed by atoms with Crippen LogP contribution in [0.25, 0.3) is 0 Å². The minimum absolute atomic E-state index is 0.0881. The summed E-state index contributed by atoms with van der Waals surface area (Å²) in [5, 5.41) is 9.35. The zero-order valence-corrected chi connectivity index (χ0v) is 13.1. The summed E-state index contributed by atoms with van der Waals surface area (Å²) >= 11 is 0. The van der Waals surface area contributed by atoms with Crippen molar-refractivity contribution < 1.29 is 5.11 Å². The van der Waals surface area contributed by atoms with Gasteiger partial charge in [0, 0.05) is 17.5 Å². The third-order valence-electron chi connectivity index (χ3n) is 4.48. The molecule has 1 fully saturated rings. The molecule has 21 heavy (non-hydrogen) atoms. The van der Waals surface area contributed by atoms with Gasteiger partial charge in [0.2, 0.25) is 0 Å². The first kappa shape index (κ1) is 16.1. The second kappa shape index (κ2) is 7.64. The highest BCUT2D eigenvalue weighted by Crippen LogP contribution is 2.39. The molecule has 0 bridgehead atoms. The van der Waals surface area contributed by atoms with E-state index in [1.807, 2.05) is 0 Å². The molecule has 0 aliphatic heterocycles. The molecule has 3 N–H and O–H groups in total. The Bertz CT molecular complexity index is 497. The van der Waals surface area contributed by atoms with Crippen LogP contribution in [0.15, 0.2) is 24.3 Å². The fourth-order valence-corrected chi connectivity index (χ4v) is 3.05. The van der Waals surface area contributed by atoms with E-state index in [1.54, 1.807) is 0 Å². The molecule has 2 nitrogen and oxygen atoms in total. The lowest BCUT2D eigenvalue weighted by Gasteiger charge is -2.20. The van der Waals surface area contributed by atoms with Gasteiger partial charge in [0.15, 0.2) is 0 Å². The van der Waals surface area contributed by atoms with E-state index in [0.29, 0.717) is 5.92 Å². The van der Waals surface area contributed by atoms with Crippen LogP contribution >= 0.6 is 0 Å². The fourth-order valence-electron chi connectivity index (χ4n) is 3.05. The second-order valence-corrected chi connectivity index (χ2v) is 6.34. The minimum atomic E-state index is -0.373. The Morgan fingerprint density at radius 1 is 1.29 bits per heavy atom. The Balaban J connectivity index is 1.91. The average molecular weight is 285 g/mol. The summed E-state index contributed by atoms with van der Waals surface area (Å²) in [7, 11) is 0. The maximum Gasteiger partial charge on any atom is 0.0611 e. The van der Waals surface area contributed by atoms with Crippen molar-refractivity contribution in [2.45, 2.75) is 63.3 Å². The molecule has 2 rings (SSSR count). The van der Waals surface area contributed by atoms with Gasteiger partial charge in [-0.05, 0) is 49.3 Å². The number of rotatable bonds is 5. The van der Waals surface area contributed by atoms with E-state index in [4.69, 9.17) is 5.73 Å². The van der Waals surface area contributed by atoms with Crippen LogP contribution in [-0.4, -0.2) is 17.3 Å². The molecule has 1 saturated carbocycles. The van der Waals surface area contributed by atoms with E-state index in [-0.39, 0.29) is 12.1 Å². The van der Waals surface area contributed by atoms with Gasteiger partial charge in [0.1, 0.15) is 0 Å². The van der Waals surface area contributed by atoms with E-state index in [1.165, 1.54) is 24.8 Å². The van der Waals surface area contributed by atoms with Crippen molar-refractivity contribution in [2.75, 3.05) is 6.61 Å². The van der Waals surface area contributed by atoms with Crippen LogP contribution in [0.4, 0.5) is 0 Å². The van der Waals surface area contributed by atoms with Gasteiger partial charge >= 0.3 is 0 Å². The van der Waals surface area contributed by atoms with E-state index in [2.05, 4.69) is 43.0 Å². The van der Waals surface area contributed by atoms with E-state index >= 15 is 0 Å². The van der Waals surface area contributed by atoms with Crippen LogP contribution < -0.4 is 5.73 Å². The molecule has 0 unspecified atom stereocenters. The molecule has 1 aromatic carbocycles. The number of benzene rings is 1. The number of nitrogens with two attached hydrogens (primary N) is 1. The number of unbranched alkanes of at least 4 members (excludes halogenated alkanes) is 3. The normalized spacial score (nSPS) is 24.6. The summed E-state index contributed by atoms with van der Waals surface area (Å²) in [6, 6.07) is 8.56. The number of hydrogen-bond donors (Lipinski definition) is 2. The van der Waals surface area contributed by atoms with Crippen LogP contribution in [-0.2, 0) is 0 Å². The maximum absolute atomic E-state index is 9.35. The number of aliphatic hydroxyl groups excluding tert-OH is 1. The lowest BCUT2D eigenvalue weighted by Crippen LogP contribution is -2.40. The molecule has 0 amide bonds. The number of hydrogen-bond acceptors (Lipinski definition) is 2. The van der Waals surface area contributed by atoms with Gasteiger partial charge in [-0.1, -0.05) is 43.7 Å². The predicted molar refractivity (Wildman–Crippen MR) is 88.1 cm³/mol. The molecule has 1 aromatic rings. The van der Waals surface area contributed by atoms with E-state index < -0.39 is 0 Å². The topological polar surface area (TPSA) is 46.2 Å². The molecule has 2 atom stereocenters. The Labute approximate surface area is 128 Å². The quantitative estimate of drug-likeness (QED) is 0.641. The largest absolute Gasteiger partial charge is 0.394 e. The summed E-state index contributed by atoms with van der Waals surface area (Å²) in [5.41, 5.74) is 8.19. The molecule has 0 saturated heterocycles. The van der Waals surface area contributed by atoms with Crippen LogP contribution in [0.3, 0.4) is 0 Å². The van der Waals surface area contributed by atoms with Gasteiger partial charge in [-0.15, -0.1) is 0 Å². The van der Waals surface area contributed by atoms with Crippen molar-refractivity contribution >= 4 is 0 Å². The molecule has 2 heteroatoms. The van der Waals surface area contributed by atoms with Gasteiger partial charge < -0.3 is 10.8 Å². The SMILES string of the molecule is CCCCCC#Cc1ccc([C@@H]2CC[C@@](N)(CO)C2)cc1. The molecule has 0 aromatic heterocycles. The first-order chi connectivity index (χ1) is 10.2. The highest BCUT2D eigenvalue weighted by molar-refractivity contribution is 5.37. The Kier molecular flexibility index (Phi) is 5.85. The standard InChI is InChI=1S/C19H27NO/c1-2-3-4-5-6-7-16-8-10-17(11-9-16)18-12-13-19(20,14-18)15-21/h8-11,18,21H,2-5,12-15,20H2,1H3/t18-,19+/m1/s1. The molecular weight excluding hydrogens is 258 g/mol. The van der Waals surface area contributed by atoms with Gasteiger partial charge in [-0.25, -0.2) is 0 Å². The van der Waals surface area contributed by atoms with Crippen molar-refractivity contribution in [3.05, 3.63) is 35.4 Å². The Morgan fingerprint density at radius 3 is 2.67 bits per heavy atom. The zero-order chi connectivity index (χ0) is 15.1. The molecule has 0 heterocycles. The van der Waals surface area contributed by atoms with Gasteiger partial charge in [0.25, 0.3) is 0 Å². The molecule has 114 valence electrons. The van der Waals surface area contributed by atoms with Crippen molar-refractivity contribution in [1.29, 1.82) is 0 Å². The summed E-state index contributed by atoms with van der Waals surface area (Å²) < 4.78 is 0. The Hall–Kier alpha value is -1.30. The van der Waals surface area contributed by atoms with E-state index in [9.17, 15) is 5.11 Å². The minimum Gasteiger partial charge on any atom is -0.394 e. The second-order valence-electron chi connectivity index (χ2n) is 6.34. The van der Waals surface area contributed by atoms with Crippen LogP contribution in [0.5, 0.6) is 0 Å². The van der Waals surface area contributed by atoms with Crippen molar-refractivity contribution in [3.8, 4) is 11.8 Å². The third-order valence-corrected chi connectivity index (χ3v) is 4.48. The first-order valence-corrected chi connectivity index (χ1v) is 8.15. The summed E-state index contributed by atoms with van der Waals surface area (Å²) in [6.45, 7) is 2.30. The summed E-state index contributed by atoms with van der Waals surface area (Å²) in [4.78, 5) is 0. The van der Waals surface area contributed by atoms with E-state index in [0.717, 1.165) is 31.2 Å². The van der Waals surface area contributed by atoms with Crippen molar-refractivity contribution in [2.24, 2.45) is 5.73 Å². The molecule has 1 aliphatic carbocycles. The molecule has 0 spiro atoms. The van der Waals surface area contributed by atoms with Crippen LogP contribution in [0.1, 0.15) is 68.9 Å². The maximum atomic E-state index is 9.35. The first-order valence-electron chi connectivity index (χ1n) is 8.15. The van der Waals surface area contributed by atoms with Gasteiger partial charge in [-0.2, -0.15) is 0 Å². The molecule has 0 radical (unpaired) electrons. The number of aliphatic hydroxyl groups is 1. The summed E-state index contributed by atoms with van der Waals surface area (Å²) in [5.74, 6) is 6.96. The lowest BCUT2D eigenvalue weighted by atomic mass is 9.93. The summed E-state index contributed by atoms with van der Waals surface area (Å²) in [6.07, 6.45) is 7.56. The van der Waals surface area contributed by atoms with Crippen molar-refractivity contribution in [3.63, 3.8) is 0 Å². The van der Waals surface area contributed by atoms with Crippen molar-refractivity contribution in [1.82, 2.24) is 0 Å². The predicted octanol–water partition coefficient (Wildman–Crippen LogP) is 3.58. The van der Waals surface area contributed by atoms with Crippen LogP contribution in [0, 0.1) is 11.8 Å². The molecular formula is C19H27NO. The third kappa shape index (κ3) is 4.59. The monoisotopic (exact) mass is 285 g/mol. The lowest BCUT2D eigenvalue weighted by molar-refractivity contribution is 0.198. The van der Waals surface area contributed by atoms with Gasteiger partial charge in [-0.3, -0.25) is 0 Å². The zero-order valence-electron chi connectivity index (χ0n) is 13.1. The van der Waals surface area contributed by atoms with Gasteiger partial charge in [0.05, 0.1) is 6.61 Å². The highest BCUT2D eigenvalue weighted by Gasteiger charge is 2.35. The van der Waals surface area contributed by atoms with Crippen LogP contribution in [0.2, 0.25) is 0 Å². The highest BCUT2D eigenvalue weighted by atomic mass is 16.3. The average Bonchev–Trinajstić information content (AvgIpc) is 2.91. The fraction of sp³-hybridized carbons (Fsp3) is 0.579. The smallest absolute Gasteiger partial charge is 0.0611 e. The molecule has 1 aliphatic rings.